The summed E-state index contributed by atoms with van der Waals surface area (Å²) >= 11 is 1.44. The zero-order valence-corrected chi connectivity index (χ0v) is 16.4. The first-order chi connectivity index (χ1) is 14.3. The molecular formula is C22H19NO5S. The Morgan fingerprint density at radius 1 is 0.931 bits per heavy atom. The average Bonchev–Trinajstić information content (AvgIpc) is 3.27. The lowest BCUT2D eigenvalue weighted by molar-refractivity contribution is 0.0791. The van der Waals surface area contributed by atoms with E-state index in [1.165, 1.54) is 11.3 Å². The first-order valence-electron chi connectivity index (χ1n) is 9.43. The lowest BCUT2D eigenvalue weighted by atomic mass is 10.1. The summed E-state index contributed by atoms with van der Waals surface area (Å²) in [4.78, 5) is 14.2. The minimum atomic E-state index is -0.217. The van der Waals surface area contributed by atoms with Crippen LogP contribution < -0.4 is 24.3 Å². The summed E-state index contributed by atoms with van der Waals surface area (Å²) in [5.74, 6) is 2.81. The van der Waals surface area contributed by atoms with Crippen LogP contribution in [0.5, 0.6) is 23.0 Å². The predicted molar refractivity (Wildman–Crippen MR) is 109 cm³/mol. The quantitative estimate of drug-likeness (QED) is 0.711. The summed E-state index contributed by atoms with van der Waals surface area (Å²) in [6.45, 7) is 1.90. The molecule has 7 heteroatoms. The Balaban J connectivity index is 1.22. The number of hydrogen-bond donors (Lipinski definition) is 1. The molecule has 3 aromatic rings. The highest BCUT2D eigenvalue weighted by molar-refractivity contribution is 7.17. The number of benzene rings is 2. The Morgan fingerprint density at radius 2 is 1.72 bits per heavy atom. The number of nitrogens with one attached hydrogen (secondary N) is 1. The van der Waals surface area contributed by atoms with E-state index in [1.54, 1.807) is 0 Å². The minimum absolute atomic E-state index is 0.124. The van der Waals surface area contributed by atoms with Gasteiger partial charge in [0.2, 0.25) is 0 Å². The minimum Gasteiger partial charge on any atom is -0.486 e. The Morgan fingerprint density at radius 3 is 2.62 bits per heavy atom. The van der Waals surface area contributed by atoms with Gasteiger partial charge in [0.05, 0.1) is 11.4 Å². The fourth-order valence-electron chi connectivity index (χ4n) is 3.27. The lowest BCUT2D eigenvalue weighted by Gasteiger charge is -2.26. The maximum atomic E-state index is 12.6. The molecule has 3 heterocycles. The van der Waals surface area contributed by atoms with E-state index in [9.17, 15) is 4.79 Å². The Bertz CT molecular complexity index is 1050. The summed E-state index contributed by atoms with van der Waals surface area (Å²) in [7, 11) is 0. The van der Waals surface area contributed by atoms with E-state index in [1.807, 2.05) is 54.6 Å². The van der Waals surface area contributed by atoms with Gasteiger partial charge in [0.25, 0.3) is 5.91 Å². The van der Waals surface area contributed by atoms with Crippen molar-refractivity contribution in [3.8, 4) is 33.4 Å². The van der Waals surface area contributed by atoms with Gasteiger partial charge in [-0.3, -0.25) is 4.79 Å². The van der Waals surface area contributed by atoms with Gasteiger partial charge in [-0.2, -0.15) is 0 Å². The van der Waals surface area contributed by atoms with Crippen LogP contribution in [-0.4, -0.2) is 38.4 Å². The van der Waals surface area contributed by atoms with Gasteiger partial charge in [0.15, 0.2) is 23.0 Å². The largest absolute Gasteiger partial charge is 0.486 e. The smallest absolute Gasteiger partial charge is 0.261 e. The summed E-state index contributed by atoms with van der Waals surface area (Å²) in [6, 6.07) is 17.1. The van der Waals surface area contributed by atoms with Gasteiger partial charge in [-0.25, -0.2) is 0 Å². The van der Waals surface area contributed by atoms with Crippen LogP contribution in [0.2, 0.25) is 0 Å². The van der Waals surface area contributed by atoms with E-state index >= 15 is 0 Å². The molecule has 2 aromatic carbocycles. The van der Waals surface area contributed by atoms with Gasteiger partial charge in [-0.15, -0.1) is 11.3 Å². The lowest BCUT2D eigenvalue weighted by Crippen LogP contribution is -2.40. The molecule has 1 unspecified atom stereocenters. The topological polar surface area (TPSA) is 66.0 Å². The Labute approximate surface area is 172 Å². The number of amides is 1. The molecule has 0 aliphatic carbocycles. The van der Waals surface area contributed by atoms with Crippen LogP contribution in [0.15, 0.2) is 54.6 Å². The van der Waals surface area contributed by atoms with Crippen LogP contribution in [0.4, 0.5) is 0 Å². The molecule has 2 aliphatic rings. The third-order valence-corrected chi connectivity index (χ3v) is 5.85. The van der Waals surface area contributed by atoms with Crippen molar-refractivity contribution >= 4 is 17.2 Å². The second kappa shape index (κ2) is 7.67. The fourth-order valence-corrected chi connectivity index (χ4v) is 4.19. The fraction of sp³-hybridized carbons (Fsp3) is 0.227. The van der Waals surface area contributed by atoms with Crippen LogP contribution in [0.3, 0.4) is 0 Å². The van der Waals surface area contributed by atoms with Crippen LogP contribution >= 0.6 is 11.3 Å². The van der Waals surface area contributed by atoms with Crippen LogP contribution in [0, 0.1) is 0 Å². The third-order valence-electron chi connectivity index (χ3n) is 4.71. The van der Waals surface area contributed by atoms with Crippen molar-refractivity contribution in [1.82, 2.24) is 5.32 Å². The van der Waals surface area contributed by atoms with Gasteiger partial charge >= 0.3 is 0 Å². The van der Waals surface area contributed by atoms with E-state index in [2.05, 4.69) is 5.32 Å². The van der Waals surface area contributed by atoms with Gasteiger partial charge in [-0.1, -0.05) is 12.1 Å². The summed E-state index contributed by atoms with van der Waals surface area (Å²) in [5, 5.41) is 2.94. The molecule has 1 N–H and O–H groups in total. The molecule has 1 aromatic heterocycles. The van der Waals surface area contributed by atoms with Crippen LogP contribution in [0.1, 0.15) is 9.67 Å². The number of fused-ring (bicyclic) bond motifs is 2. The maximum Gasteiger partial charge on any atom is 0.261 e. The third kappa shape index (κ3) is 3.73. The molecule has 5 rings (SSSR count). The second-order valence-electron chi connectivity index (χ2n) is 6.73. The molecular weight excluding hydrogens is 390 g/mol. The van der Waals surface area contributed by atoms with Crippen molar-refractivity contribution in [1.29, 1.82) is 0 Å². The first-order valence-corrected chi connectivity index (χ1v) is 10.2. The normalized spacial score (nSPS) is 16.9. The molecule has 2 aliphatic heterocycles. The highest BCUT2D eigenvalue weighted by atomic mass is 32.1. The first kappa shape index (κ1) is 17.9. The van der Waals surface area contributed by atoms with E-state index in [0.717, 1.165) is 27.7 Å². The summed E-state index contributed by atoms with van der Waals surface area (Å²) < 4.78 is 22.8. The highest BCUT2D eigenvalue weighted by Gasteiger charge is 2.22. The number of thiophene rings is 1. The van der Waals surface area contributed by atoms with Crippen molar-refractivity contribution in [2.24, 2.45) is 0 Å². The van der Waals surface area contributed by atoms with Crippen molar-refractivity contribution in [2.45, 2.75) is 6.10 Å². The monoisotopic (exact) mass is 409 g/mol. The molecule has 0 fully saturated rings. The molecule has 1 atom stereocenters. The number of hydrogen-bond acceptors (Lipinski definition) is 6. The zero-order valence-electron chi connectivity index (χ0n) is 15.6. The van der Waals surface area contributed by atoms with Crippen molar-refractivity contribution in [3.05, 3.63) is 59.5 Å². The van der Waals surface area contributed by atoms with Gasteiger partial charge in [0, 0.05) is 4.88 Å². The summed E-state index contributed by atoms with van der Waals surface area (Å²) in [5.41, 5.74) is 0.999. The van der Waals surface area contributed by atoms with E-state index in [4.69, 9.17) is 18.9 Å². The van der Waals surface area contributed by atoms with Crippen molar-refractivity contribution in [3.63, 3.8) is 0 Å². The van der Waals surface area contributed by atoms with E-state index in [-0.39, 0.29) is 12.0 Å². The zero-order chi connectivity index (χ0) is 19.6. The van der Waals surface area contributed by atoms with E-state index in [0.29, 0.717) is 37.0 Å². The standard InChI is InChI=1S/C22H19NO5S/c24-22(23-12-15-13-27-16-3-1-2-4-18(16)28-15)21-8-7-20(29-21)14-5-6-17-19(11-14)26-10-9-25-17/h1-8,11,15H,9-10,12-13H2,(H,23,24). The summed E-state index contributed by atoms with van der Waals surface area (Å²) in [6.07, 6.45) is -0.217. The number of para-hydroxylation sites is 2. The van der Waals surface area contributed by atoms with E-state index < -0.39 is 0 Å². The second-order valence-corrected chi connectivity index (χ2v) is 7.81. The molecule has 1 amide bonds. The molecule has 0 saturated heterocycles. The molecule has 148 valence electrons. The predicted octanol–water partition coefficient (Wildman–Crippen LogP) is 3.76. The molecule has 0 radical (unpaired) electrons. The Kier molecular flexibility index (Phi) is 4.73. The molecule has 0 spiro atoms. The number of ether oxygens (including phenoxy) is 4. The van der Waals surface area contributed by atoms with Crippen LogP contribution in [0.25, 0.3) is 10.4 Å². The van der Waals surface area contributed by atoms with Crippen molar-refractivity contribution < 1.29 is 23.7 Å². The molecule has 29 heavy (non-hydrogen) atoms. The van der Waals surface area contributed by atoms with Crippen molar-refractivity contribution in [2.75, 3.05) is 26.4 Å². The SMILES string of the molecule is O=C(NCC1COc2ccccc2O1)c1ccc(-c2ccc3c(c2)OCCO3)s1. The molecule has 0 bridgehead atoms. The molecule has 0 saturated carbocycles. The number of carbonyl (C=O) groups is 1. The van der Waals surface area contributed by atoms with Gasteiger partial charge in [-0.05, 0) is 48.0 Å². The Hall–Kier alpha value is -3.19. The van der Waals surface area contributed by atoms with Crippen LogP contribution in [-0.2, 0) is 0 Å². The van der Waals surface area contributed by atoms with Gasteiger partial charge < -0.3 is 24.3 Å². The highest BCUT2D eigenvalue weighted by Crippen LogP contribution is 2.37. The molecule has 6 nitrogen and oxygen atoms in total. The van der Waals surface area contributed by atoms with Gasteiger partial charge in [0.1, 0.15) is 25.9 Å². The number of rotatable bonds is 4. The number of carbonyl (C=O) groups excluding carboxylic acids is 1. The average molecular weight is 409 g/mol. The maximum absolute atomic E-state index is 12.6.